The van der Waals surface area contributed by atoms with Crippen molar-refractivity contribution in [2.75, 3.05) is 26.3 Å². The van der Waals surface area contributed by atoms with Gasteiger partial charge in [-0.05, 0) is 19.1 Å². The zero-order valence-electron chi connectivity index (χ0n) is 17.9. The summed E-state index contributed by atoms with van der Waals surface area (Å²) >= 11 is 0. The van der Waals surface area contributed by atoms with Crippen LogP contribution in [0.3, 0.4) is 0 Å². The number of morpholine rings is 1. The first-order chi connectivity index (χ1) is 16.1. The highest BCUT2D eigenvalue weighted by Crippen LogP contribution is 2.26. The van der Waals surface area contributed by atoms with Crippen LogP contribution >= 0.6 is 0 Å². The highest BCUT2D eigenvalue weighted by molar-refractivity contribution is 6.08. The van der Waals surface area contributed by atoms with Crippen molar-refractivity contribution in [3.8, 4) is 0 Å². The molecule has 1 saturated heterocycles. The number of benzene rings is 1. The highest BCUT2D eigenvalue weighted by atomic mass is 19.4. The SMILES string of the molecule is C[C@@H](NC(=O)N1C[C@H](N2CCOCC2=O)C(c2ccc(F)cc2)=N1)c1cnc(C(F)(F)F)nc1. The molecule has 9 nitrogen and oxygen atoms in total. The summed E-state index contributed by atoms with van der Waals surface area (Å²) in [5.74, 6) is -1.98. The highest BCUT2D eigenvalue weighted by Gasteiger charge is 2.39. The maximum absolute atomic E-state index is 13.4. The van der Waals surface area contributed by atoms with Crippen LogP contribution in [0.25, 0.3) is 0 Å². The summed E-state index contributed by atoms with van der Waals surface area (Å²) in [5.41, 5.74) is 1.23. The molecule has 2 aliphatic heterocycles. The number of alkyl halides is 3. The van der Waals surface area contributed by atoms with Crippen molar-refractivity contribution >= 4 is 17.6 Å². The number of nitrogens with one attached hydrogen (secondary N) is 1. The molecule has 180 valence electrons. The minimum absolute atomic E-state index is 0.0422. The zero-order chi connectivity index (χ0) is 24.5. The van der Waals surface area contributed by atoms with Gasteiger partial charge < -0.3 is 15.0 Å². The Morgan fingerprint density at radius 3 is 2.50 bits per heavy atom. The van der Waals surface area contributed by atoms with Crippen molar-refractivity contribution in [3.63, 3.8) is 0 Å². The molecule has 1 aromatic heterocycles. The van der Waals surface area contributed by atoms with Crippen LogP contribution in [0.4, 0.5) is 22.4 Å². The maximum atomic E-state index is 13.4. The van der Waals surface area contributed by atoms with Gasteiger partial charge in [-0.2, -0.15) is 18.3 Å². The van der Waals surface area contributed by atoms with Gasteiger partial charge in [-0.3, -0.25) is 4.79 Å². The molecule has 2 aliphatic rings. The number of hydrazone groups is 1. The number of hydrogen-bond donors (Lipinski definition) is 1. The molecular weight excluding hydrogens is 460 g/mol. The number of carbonyl (C=O) groups is 2. The molecule has 0 aliphatic carbocycles. The summed E-state index contributed by atoms with van der Waals surface area (Å²) in [7, 11) is 0. The molecule has 2 aromatic rings. The lowest BCUT2D eigenvalue weighted by molar-refractivity contribution is -0.145. The van der Waals surface area contributed by atoms with Gasteiger partial charge in [0.15, 0.2) is 0 Å². The number of halogens is 4. The lowest BCUT2D eigenvalue weighted by Gasteiger charge is -2.32. The van der Waals surface area contributed by atoms with Crippen LogP contribution in [-0.2, 0) is 15.7 Å². The predicted molar refractivity (Wildman–Crippen MR) is 110 cm³/mol. The number of ether oxygens (including phenoxy) is 1. The fourth-order valence-electron chi connectivity index (χ4n) is 3.64. The van der Waals surface area contributed by atoms with E-state index < -0.39 is 35.9 Å². The molecule has 3 amide bonds. The fraction of sp³-hybridized carbons (Fsp3) is 0.381. The molecule has 0 spiro atoms. The van der Waals surface area contributed by atoms with Gasteiger partial charge in [-0.25, -0.2) is 24.2 Å². The topological polar surface area (TPSA) is 100 Å². The quantitative estimate of drug-likeness (QED) is 0.678. The number of aromatic nitrogens is 2. The average molecular weight is 480 g/mol. The van der Waals surface area contributed by atoms with Crippen LogP contribution < -0.4 is 5.32 Å². The number of carbonyl (C=O) groups excluding carboxylic acids is 2. The van der Waals surface area contributed by atoms with E-state index in [0.29, 0.717) is 24.4 Å². The summed E-state index contributed by atoms with van der Waals surface area (Å²) < 4.78 is 56.6. The molecule has 0 bridgehead atoms. The van der Waals surface area contributed by atoms with Crippen molar-refractivity contribution < 1.29 is 31.9 Å². The molecular formula is C21H20F4N6O3. The van der Waals surface area contributed by atoms with E-state index in [1.54, 1.807) is 11.8 Å². The lowest BCUT2D eigenvalue weighted by atomic mass is 10.0. The van der Waals surface area contributed by atoms with Gasteiger partial charge in [0.1, 0.15) is 12.4 Å². The van der Waals surface area contributed by atoms with Crippen molar-refractivity contribution in [2.24, 2.45) is 5.10 Å². The lowest BCUT2D eigenvalue weighted by Crippen LogP contribution is -2.52. The number of hydrogen-bond acceptors (Lipinski definition) is 6. The Morgan fingerprint density at radius 1 is 1.21 bits per heavy atom. The molecule has 13 heteroatoms. The maximum Gasteiger partial charge on any atom is 0.451 e. The normalized spacial score (nSPS) is 19.7. The minimum Gasteiger partial charge on any atom is -0.370 e. The van der Waals surface area contributed by atoms with Crippen LogP contribution in [0.15, 0.2) is 41.8 Å². The number of urea groups is 1. The Kier molecular flexibility index (Phi) is 6.46. The van der Waals surface area contributed by atoms with Crippen LogP contribution in [0.1, 0.15) is 29.9 Å². The molecule has 3 heterocycles. The van der Waals surface area contributed by atoms with E-state index in [9.17, 15) is 27.2 Å². The molecule has 0 unspecified atom stereocenters. The van der Waals surface area contributed by atoms with Crippen LogP contribution in [-0.4, -0.2) is 69.9 Å². The Labute approximate surface area is 191 Å². The second-order valence-electron chi connectivity index (χ2n) is 7.74. The summed E-state index contributed by atoms with van der Waals surface area (Å²) in [6.45, 7) is 2.15. The third-order valence-corrected chi connectivity index (χ3v) is 5.43. The predicted octanol–water partition coefficient (Wildman–Crippen LogP) is 2.35. The standard InChI is InChI=1S/C21H20F4N6O3/c1-12(14-8-26-19(27-9-14)21(23,24)25)28-20(33)31-10-16(30-6-7-34-11-17(30)32)18(29-31)13-2-4-15(22)5-3-13/h2-5,8-9,12,16H,6-7,10-11H2,1H3,(H,28,33)/t12-,16+/m1/s1. The summed E-state index contributed by atoms with van der Waals surface area (Å²) in [5, 5.41) is 8.15. The van der Waals surface area contributed by atoms with Gasteiger partial charge in [-0.15, -0.1) is 0 Å². The molecule has 1 N–H and O–H groups in total. The first kappa shape index (κ1) is 23.5. The first-order valence-corrected chi connectivity index (χ1v) is 10.3. The minimum atomic E-state index is -4.67. The number of rotatable bonds is 4. The van der Waals surface area contributed by atoms with E-state index in [1.165, 1.54) is 24.3 Å². The number of amides is 3. The van der Waals surface area contributed by atoms with Gasteiger partial charge in [-0.1, -0.05) is 12.1 Å². The summed E-state index contributed by atoms with van der Waals surface area (Å²) in [4.78, 5) is 33.5. The van der Waals surface area contributed by atoms with E-state index in [0.717, 1.165) is 17.4 Å². The van der Waals surface area contributed by atoms with Crippen molar-refractivity contribution in [3.05, 3.63) is 59.4 Å². The van der Waals surface area contributed by atoms with E-state index >= 15 is 0 Å². The largest absolute Gasteiger partial charge is 0.451 e. The number of nitrogens with zero attached hydrogens (tertiary/aromatic N) is 5. The van der Waals surface area contributed by atoms with Crippen molar-refractivity contribution in [1.82, 2.24) is 25.2 Å². The summed E-state index contributed by atoms with van der Waals surface area (Å²) in [6, 6.07) is 3.61. The van der Waals surface area contributed by atoms with E-state index in [4.69, 9.17) is 4.74 Å². The second-order valence-corrected chi connectivity index (χ2v) is 7.74. The Bertz CT molecular complexity index is 1090. The van der Waals surface area contributed by atoms with Gasteiger partial charge in [0.25, 0.3) is 0 Å². The third kappa shape index (κ3) is 4.98. The smallest absolute Gasteiger partial charge is 0.370 e. The third-order valence-electron chi connectivity index (χ3n) is 5.43. The summed E-state index contributed by atoms with van der Waals surface area (Å²) in [6.07, 6.45) is -2.68. The zero-order valence-corrected chi connectivity index (χ0v) is 17.9. The van der Waals surface area contributed by atoms with Crippen molar-refractivity contribution in [2.45, 2.75) is 25.2 Å². The fourth-order valence-corrected chi connectivity index (χ4v) is 3.64. The van der Waals surface area contributed by atoms with Crippen LogP contribution in [0, 0.1) is 5.82 Å². The van der Waals surface area contributed by atoms with E-state index in [-0.39, 0.29) is 24.6 Å². The molecule has 4 rings (SSSR count). The van der Waals surface area contributed by atoms with E-state index in [1.807, 2.05) is 0 Å². The van der Waals surface area contributed by atoms with Gasteiger partial charge >= 0.3 is 12.2 Å². The Hall–Kier alpha value is -3.61. The molecule has 0 saturated carbocycles. The second kappa shape index (κ2) is 9.33. The first-order valence-electron chi connectivity index (χ1n) is 10.3. The van der Waals surface area contributed by atoms with Crippen LogP contribution in [0.5, 0.6) is 0 Å². The molecule has 0 radical (unpaired) electrons. The van der Waals surface area contributed by atoms with Gasteiger partial charge in [0, 0.05) is 30.1 Å². The average Bonchev–Trinajstić information content (AvgIpc) is 3.25. The molecule has 1 fully saturated rings. The molecule has 1 aromatic carbocycles. The monoisotopic (exact) mass is 480 g/mol. The van der Waals surface area contributed by atoms with Crippen molar-refractivity contribution in [1.29, 1.82) is 0 Å². The van der Waals surface area contributed by atoms with Crippen LogP contribution in [0.2, 0.25) is 0 Å². The van der Waals surface area contributed by atoms with Gasteiger partial charge in [0.2, 0.25) is 11.7 Å². The Balaban J connectivity index is 1.52. The molecule has 34 heavy (non-hydrogen) atoms. The van der Waals surface area contributed by atoms with E-state index in [2.05, 4.69) is 20.4 Å². The Morgan fingerprint density at radius 2 is 1.88 bits per heavy atom. The van der Waals surface area contributed by atoms with Gasteiger partial charge in [0.05, 0.1) is 30.9 Å². The molecule has 2 atom stereocenters.